The van der Waals surface area contributed by atoms with E-state index in [1.165, 1.54) is 31.9 Å². The van der Waals surface area contributed by atoms with E-state index in [1.807, 2.05) is 38.4 Å². The molecule has 0 atom stereocenters. The summed E-state index contributed by atoms with van der Waals surface area (Å²) in [6.45, 7) is 1.95. The Morgan fingerprint density at radius 2 is 0.729 bits per heavy atom. The van der Waals surface area contributed by atoms with Crippen LogP contribution in [0.1, 0.15) is 11.1 Å². The summed E-state index contributed by atoms with van der Waals surface area (Å²) in [4.78, 5) is 4.29. The second-order valence-corrected chi connectivity index (χ2v) is 18.5. The lowest BCUT2D eigenvalue weighted by atomic mass is 10.1. The third-order valence-electron chi connectivity index (χ3n) is 9.81. The van der Waals surface area contributed by atoms with Crippen LogP contribution in [-0.2, 0) is 12.8 Å². The minimum atomic E-state index is -1.80. The first kappa shape index (κ1) is 31.8. The van der Waals surface area contributed by atoms with Crippen LogP contribution in [0.2, 0.25) is 0 Å². The molecule has 2 heterocycles. The molecule has 2 nitrogen and oxygen atoms in total. The van der Waals surface area contributed by atoms with Gasteiger partial charge in [0.25, 0.3) is 0 Å². The molecule has 0 aliphatic carbocycles. The van der Waals surface area contributed by atoms with Gasteiger partial charge in [0.15, 0.2) is 0 Å². The summed E-state index contributed by atoms with van der Waals surface area (Å²) in [5.41, 5.74) is 4.65. The smallest absolute Gasteiger partial charge is 0.136 e. The standard InChI is InChI=1S/2C21H20FNSi/c2*1-23-13-12-16-14-21(19(22)15-20(16)23)24(17-8-4-2-5-9-17)18-10-6-3-7-11-18/h2*2-11,14-15,24H,12-13H2,1H3. The zero-order valence-electron chi connectivity index (χ0n) is 27.5. The van der Waals surface area contributed by atoms with Crippen LogP contribution in [0.4, 0.5) is 20.2 Å². The molecule has 0 aromatic heterocycles. The van der Waals surface area contributed by atoms with Crippen LogP contribution >= 0.6 is 0 Å². The highest BCUT2D eigenvalue weighted by molar-refractivity contribution is 6.96. The van der Waals surface area contributed by atoms with Gasteiger partial charge in [-0.15, -0.1) is 0 Å². The Bertz CT molecular complexity index is 1760. The van der Waals surface area contributed by atoms with Crippen molar-refractivity contribution >= 4 is 60.1 Å². The lowest BCUT2D eigenvalue weighted by Crippen LogP contribution is -2.53. The number of likely N-dealkylation sites (N-methyl/N-ethyl adjacent to an activating group) is 2. The number of halogens is 2. The van der Waals surface area contributed by atoms with Gasteiger partial charge in [-0.05, 0) is 46.5 Å². The van der Waals surface area contributed by atoms with Crippen molar-refractivity contribution in [1.82, 2.24) is 0 Å². The first-order valence-electron chi connectivity index (χ1n) is 16.7. The first-order chi connectivity index (χ1) is 23.5. The molecule has 2 aliphatic rings. The van der Waals surface area contributed by atoms with Gasteiger partial charge in [-0.1, -0.05) is 154 Å². The minimum Gasteiger partial charge on any atom is -0.374 e. The molecule has 0 fully saturated rings. The summed E-state index contributed by atoms with van der Waals surface area (Å²) < 4.78 is 30.1. The van der Waals surface area contributed by atoms with Gasteiger partial charge < -0.3 is 9.80 Å². The molecule has 6 aromatic rings. The van der Waals surface area contributed by atoms with E-state index in [2.05, 4.69) is 119 Å². The Balaban J connectivity index is 0.000000152. The van der Waals surface area contributed by atoms with Gasteiger partial charge in [-0.2, -0.15) is 0 Å². The molecule has 0 radical (unpaired) electrons. The lowest BCUT2D eigenvalue weighted by molar-refractivity contribution is 0.635. The quantitative estimate of drug-likeness (QED) is 0.195. The summed E-state index contributed by atoms with van der Waals surface area (Å²) in [7, 11) is 0.478. The molecule has 0 unspecified atom stereocenters. The van der Waals surface area contributed by atoms with Crippen LogP contribution in [0, 0.1) is 11.6 Å². The molecule has 0 saturated heterocycles. The predicted octanol–water partition coefficient (Wildman–Crippen LogP) is 4.13. The number of anilines is 2. The van der Waals surface area contributed by atoms with Gasteiger partial charge in [0.05, 0.1) is 0 Å². The molecule has 48 heavy (non-hydrogen) atoms. The zero-order chi connectivity index (χ0) is 33.0. The normalized spacial score (nSPS) is 13.4. The lowest BCUT2D eigenvalue weighted by Gasteiger charge is -2.20. The topological polar surface area (TPSA) is 6.48 Å². The van der Waals surface area contributed by atoms with E-state index in [-0.39, 0.29) is 11.6 Å². The van der Waals surface area contributed by atoms with Crippen LogP contribution in [0.3, 0.4) is 0 Å². The average molecular weight is 667 g/mol. The summed E-state index contributed by atoms with van der Waals surface area (Å²) in [6, 6.07) is 49.4. The van der Waals surface area contributed by atoms with Crippen LogP contribution in [-0.4, -0.2) is 44.8 Å². The molecule has 6 aromatic carbocycles. The predicted molar refractivity (Wildman–Crippen MR) is 205 cm³/mol. The molecule has 240 valence electrons. The van der Waals surface area contributed by atoms with Crippen molar-refractivity contribution in [3.05, 3.63) is 168 Å². The fourth-order valence-electron chi connectivity index (χ4n) is 7.31. The van der Waals surface area contributed by atoms with Crippen molar-refractivity contribution in [2.45, 2.75) is 12.8 Å². The number of benzene rings is 6. The zero-order valence-corrected chi connectivity index (χ0v) is 29.8. The van der Waals surface area contributed by atoms with E-state index < -0.39 is 17.6 Å². The molecule has 6 heteroatoms. The van der Waals surface area contributed by atoms with Gasteiger partial charge >= 0.3 is 0 Å². The maximum atomic E-state index is 15.0. The highest BCUT2D eigenvalue weighted by Crippen LogP contribution is 2.27. The summed E-state index contributed by atoms with van der Waals surface area (Å²) in [6.07, 6.45) is 2.01. The second-order valence-electron chi connectivity index (χ2n) is 12.9. The molecule has 0 bridgehead atoms. The third-order valence-corrected chi connectivity index (χ3v) is 16.1. The fraction of sp³-hybridized carbons (Fsp3) is 0.143. The van der Waals surface area contributed by atoms with Gasteiger partial charge in [-0.25, -0.2) is 8.78 Å². The molecule has 0 saturated carbocycles. The van der Waals surface area contributed by atoms with E-state index in [0.29, 0.717) is 0 Å². The van der Waals surface area contributed by atoms with Gasteiger partial charge in [-0.3, -0.25) is 0 Å². The van der Waals surface area contributed by atoms with E-state index in [4.69, 9.17) is 0 Å². The van der Waals surface area contributed by atoms with Crippen molar-refractivity contribution in [3.8, 4) is 0 Å². The second kappa shape index (κ2) is 14.1. The van der Waals surface area contributed by atoms with Crippen molar-refractivity contribution in [1.29, 1.82) is 0 Å². The largest absolute Gasteiger partial charge is 0.374 e. The maximum Gasteiger partial charge on any atom is 0.136 e. The monoisotopic (exact) mass is 666 g/mol. The van der Waals surface area contributed by atoms with Gasteiger partial charge in [0.2, 0.25) is 0 Å². The Morgan fingerprint density at radius 3 is 1.02 bits per heavy atom. The SMILES string of the molecule is CN1CCc2cc([SiH](c3ccccc3)c3ccccc3)c(F)cc21.CN1CCc2cc([SiH](c3ccccc3)c3ccccc3)c(F)cc21. The van der Waals surface area contributed by atoms with Crippen LogP contribution in [0.15, 0.2) is 146 Å². The Morgan fingerprint density at radius 1 is 0.438 bits per heavy atom. The highest BCUT2D eigenvalue weighted by atomic mass is 28.3. The van der Waals surface area contributed by atoms with Gasteiger partial charge in [0.1, 0.15) is 29.2 Å². The molecule has 8 rings (SSSR count). The highest BCUT2D eigenvalue weighted by Gasteiger charge is 2.27. The van der Waals surface area contributed by atoms with Crippen molar-refractivity contribution in [3.63, 3.8) is 0 Å². The number of hydrogen-bond acceptors (Lipinski definition) is 2. The van der Waals surface area contributed by atoms with E-state index >= 15 is 8.78 Å². The summed E-state index contributed by atoms with van der Waals surface area (Å²) in [5, 5.41) is 6.84. The van der Waals surface area contributed by atoms with Crippen molar-refractivity contribution in [2.75, 3.05) is 37.0 Å². The molecular formula is C42H40F2N2Si2. The van der Waals surface area contributed by atoms with Crippen molar-refractivity contribution < 1.29 is 8.78 Å². The summed E-state index contributed by atoms with van der Waals surface area (Å²) in [5.74, 6) is -0.126. The minimum absolute atomic E-state index is 0.0631. The van der Waals surface area contributed by atoms with Crippen LogP contribution in [0.5, 0.6) is 0 Å². The Kier molecular flexibility index (Phi) is 9.37. The Hall–Kier alpha value is -4.79. The molecule has 2 aliphatic heterocycles. The number of hydrogen-bond donors (Lipinski definition) is 0. The first-order valence-corrected chi connectivity index (χ1v) is 20.2. The van der Waals surface area contributed by atoms with E-state index in [9.17, 15) is 0 Å². The average Bonchev–Trinajstić information content (AvgIpc) is 3.67. The maximum absolute atomic E-state index is 15.0. The van der Waals surface area contributed by atoms with Crippen LogP contribution < -0.4 is 40.9 Å². The molecule has 0 N–H and O–H groups in total. The van der Waals surface area contributed by atoms with Crippen molar-refractivity contribution in [2.24, 2.45) is 0 Å². The number of rotatable bonds is 6. The van der Waals surface area contributed by atoms with E-state index in [0.717, 1.165) is 47.7 Å². The summed E-state index contributed by atoms with van der Waals surface area (Å²) >= 11 is 0. The fourth-order valence-corrected chi connectivity index (χ4v) is 13.4. The molecule has 0 spiro atoms. The van der Waals surface area contributed by atoms with Gasteiger partial charge in [0, 0.05) is 38.6 Å². The molecule has 0 amide bonds. The number of fused-ring (bicyclic) bond motifs is 2. The van der Waals surface area contributed by atoms with Crippen LogP contribution in [0.25, 0.3) is 0 Å². The van der Waals surface area contributed by atoms with E-state index in [1.54, 1.807) is 12.1 Å². The molecular weight excluding hydrogens is 627 g/mol. The number of nitrogens with zero attached hydrogens (tertiary/aromatic N) is 2. The Labute approximate surface area is 286 Å². The third kappa shape index (κ3) is 6.51.